The van der Waals surface area contributed by atoms with Crippen molar-refractivity contribution in [2.45, 2.75) is 43.4 Å². The number of nitrogens with zero attached hydrogens (tertiary/aromatic N) is 1. The second-order valence-corrected chi connectivity index (χ2v) is 7.37. The van der Waals surface area contributed by atoms with Gasteiger partial charge >= 0.3 is 0 Å². The third-order valence-electron chi connectivity index (χ3n) is 5.76. The lowest BCUT2D eigenvalue weighted by molar-refractivity contribution is -0.0114. The van der Waals surface area contributed by atoms with E-state index in [-0.39, 0.29) is 5.82 Å². The molecule has 0 spiro atoms. The fourth-order valence-corrected chi connectivity index (χ4v) is 4.58. The molecule has 4 nitrogen and oxygen atoms in total. The molecule has 0 amide bonds. The van der Waals surface area contributed by atoms with Gasteiger partial charge in [-0.05, 0) is 48.4 Å². The van der Waals surface area contributed by atoms with Crippen LogP contribution in [0.5, 0.6) is 0 Å². The quantitative estimate of drug-likeness (QED) is 0.671. The summed E-state index contributed by atoms with van der Waals surface area (Å²) in [7, 11) is 0. The number of pyridine rings is 1. The first kappa shape index (κ1) is 15.0. The Labute approximate surface area is 145 Å². The molecule has 0 aliphatic carbocycles. The van der Waals surface area contributed by atoms with Crippen LogP contribution in [0.25, 0.3) is 22.2 Å². The van der Waals surface area contributed by atoms with Crippen LogP contribution in [-0.2, 0) is 5.60 Å². The van der Waals surface area contributed by atoms with E-state index in [1.54, 1.807) is 6.20 Å². The second-order valence-electron chi connectivity index (χ2n) is 7.37. The number of hydrogen-bond acceptors (Lipinski definition) is 3. The van der Waals surface area contributed by atoms with Crippen molar-refractivity contribution in [3.05, 3.63) is 54.1 Å². The van der Waals surface area contributed by atoms with E-state index in [1.807, 2.05) is 30.3 Å². The van der Waals surface area contributed by atoms with Gasteiger partial charge in [-0.25, -0.2) is 9.37 Å². The van der Waals surface area contributed by atoms with E-state index in [0.717, 1.165) is 42.4 Å². The molecule has 2 aromatic heterocycles. The maximum atomic E-state index is 14.1. The van der Waals surface area contributed by atoms with Crippen molar-refractivity contribution in [3.63, 3.8) is 0 Å². The average molecular weight is 337 g/mol. The standard InChI is InChI=1S/C20H20FN3O/c21-17-11-23-19-18(17)16(7-8-22-19)12-1-3-13(4-2-12)20(25)9-14-5-6-15(10-20)24-14/h1-4,7-8,11,14-15,24-25H,5-6,9-10H2,(H,22,23). The SMILES string of the molecule is OC1(c2ccc(-c3ccnc4[nH]cc(F)c34)cc2)CC2CCC(C1)N2. The highest BCUT2D eigenvalue weighted by molar-refractivity contribution is 5.93. The van der Waals surface area contributed by atoms with Gasteiger partial charge in [-0.3, -0.25) is 0 Å². The van der Waals surface area contributed by atoms with E-state index in [0.29, 0.717) is 23.1 Å². The number of hydrogen-bond donors (Lipinski definition) is 3. The highest BCUT2D eigenvalue weighted by Crippen LogP contribution is 2.41. The van der Waals surface area contributed by atoms with Gasteiger partial charge in [0.1, 0.15) is 5.65 Å². The number of aliphatic hydroxyl groups is 1. The molecular formula is C20H20FN3O. The van der Waals surface area contributed by atoms with E-state index in [1.165, 1.54) is 6.20 Å². The molecule has 2 aliphatic rings. The number of fused-ring (bicyclic) bond motifs is 3. The van der Waals surface area contributed by atoms with E-state index in [4.69, 9.17) is 0 Å². The normalized spacial score (nSPS) is 28.6. The van der Waals surface area contributed by atoms with Crippen molar-refractivity contribution in [1.82, 2.24) is 15.3 Å². The van der Waals surface area contributed by atoms with Crippen LogP contribution < -0.4 is 5.32 Å². The highest BCUT2D eigenvalue weighted by Gasteiger charge is 2.43. The molecule has 2 bridgehead atoms. The molecule has 0 radical (unpaired) electrons. The van der Waals surface area contributed by atoms with Crippen LogP contribution >= 0.6 is 0 Å². The lowest BCUT2D eigenvalue weighted by Gasteiger charge is -2.37. The minimum atomic E-state index is -0.761. The molecule has 4 heterocycles. The molecule has 0 saturated carbocycles. The van der Waals surface area contributed by atoms with Crippen molar-refractivity contribution in [2.75, 3.05) is 0 Å². The summed E-state index contributed by atoms with van der Waals surface area (Å²) in [4.78, 5) is 7.02. The molecule has 5 rings (SSSR count). The molecule has 2 fully saturated rings. The number of nitrogens with one attached hydrogen (secondary N) is 2. The van der Waals surface area contributed by atoms with E-state index in [9.17, 15) is 9.50 Å². The summed E-state index contributed by atoms with van der Waals surface area (Å²) in [6.07, 6.45) is 6.83. The number of rotatable bonds is 2. The first-order chi connectivity index (χ1) is 12.1. The monoisotopic (exact) mass is 337 g/mol. The summed E-state index contributed by atoms with van der Waals surface area (Å²) in [6.45, 7) is 0. The van der Waals surface area contributed by atoms with Crippen LogP contribution in [0.4, 0.5) is 4.39 Å². The summed E-state index contributed by atoms with van der Waals surface area (Å²) in [6, 6.07) is 10.6. The zero-order valence-electron chi connectivity index (χ0n) is 13.8. The second kappa shape index (κ2) is 5.38. The van der Waals surface area contributed by atoms with Crippen LogP contribution in [0.1, 0.15) is 31.2 Å². The fraction of sp³-hybridized carbons (Fsp3) is 0.350. The predicted octanol–water partition coefficient (Wildman–Crippen LogP) is 3.47. The first-order valence-corrected chi connectivity index (χ1v) is 8.83. The Morgan fingerprint density at radius 1 is 1.08 bits per heavy atom. The first-order valence-electron chi connectivity index (χ1n) is 8.83. The van der Waals surface area contributed by atoms with Crippen LogP contribution in [0.3, 0.4) is 0 Å². The number of H-pyrrole nitrogens is 1. The van der Waals surface area contributed by atoms with E-state index in [2.05, 4.69) is 15.3 Å². The lowest BCUT2D eigenvalue weighted by Crippen LogP contribution is -2.46. The molecule has 5 heteroatoms. The molecule has 1 aromatic carbocycles. The minimum absolute atomic E-state index is 0.296. The predicted molar refractivity (Wildman–Crippen MR) is 94.6 cm³/mol. The third-order valence-corrected chi connectivity index (χ3v) is 5.76. The largest absolute Gasteiger partial charge is 0.385 e. The van der Waals surface area contributed by atoms with Gasteiger partial charge in [0.15, 0.2) is 5.82 Å². The molecule has 128 valence electrons. The lowest BCUT2D eigenvalue weighted by atomic mass is 9.81. The average Bonchev–Trinajstić information content (AvgIpc) is 3.18. The van der Waals surface area contributed by atoms with Crippen LogP contribution in [0.2, 0.25) is 0 Å². The van der Waals surface area contributed by atoms with Crippen molar-refractivity contribution in [3.8, 4) is 11.1 Å². The van der Waals surface area contributed by atoms with E-state index >= 15 is 0 Å². The maximum absolute atomic E-state index is 14.1. The van der Waals surface area contributed by atoms with Crippen LogP contribution in [0, 0.1) is 5.82 Å². The maximum Gasteiger partial charge on any atom is 0.150 e. The van der Waals surface area contributed by atoms with Gasteiger partial charge in [-0.1, -0.05) is 24.3 Å². The molecule has 3 aromatic rings. The van der Waals surface area contributed by atoms with Crippen molar-refractivity contribution < 1.29 is 9.50 Å². The number of benzene rings is 1. The van der Waals surface area contributed by atoms with Gasteiger partial charge in [-0.2, -0.15) is 0 Å². The molecule has 3 N–H and O–H groups in total. The Bertz CT molecular complexity index is 922. The summed E-state index contributed by atoms with van der Waals surface area (Å²) in [5.41, 5.74) is 2.48. The van der Waals surface area contributed by atoms with Crippen molar-refractivity contribution >= 4 is 11.0 Å². The summed E-state index contributed by atoms with van der Waals surface area (Å²) in [5.74, 6) is -0.296. The van der Waals surface area contributed by atoms with Crippen molar-refractivity contribution in [1.29, 1.82) is 0 Å². The number of piperidine rings is 1. The minimum Gasteiger partial charge on any atom is -0.385 e. The molecule has 2 atom stereocenters. The smallest absolute Gasteiger partial charge is 0.150 e. The number of aromatic amines is 1. The molecule has 25 heavy (non-hydrogen) atoms. The number of halogens is 1. The summed E-state index contributed by atoms with van der Waals surface area (Å²) in [5, 5.41) is 15.2. The molecule has 2 saturated heterocycles. The molecule has 2 aliphatic heterocycles. The Hall–Kier alpha value is -2.24. The molecular weight excluding hydrogens is 317 g/mol. The van der Waals surface area contributed by atoms with Gasteiger partial charge in [0.2, 0.25) is 0 Å². The fourth-order valence-electron chi connectivity index (χ4n) is 4.58. The Balaban J connectivity index is 1.52. The van der Waals surface area contributed by atoms with E-state index < -0.39 is 5.60 Å². The van der Waals surface area contributed by atoms with Crippen LogP contribution in [-0.4, -0.2) is 27.2 Å². The number of aromatic nitrogens is 2. The summed E-state index contributed by atoms with van der Waals surface area (Å²) >= 11 is 0. The highest BCUT2D eigenvalue weighted by atomic mass is 19.1. The Morgan fingerprint density at radius 2 is 1.80 bits per heavy atom. The third kappa shape index (κ3) is 2.38. The van der Waals surface area contributed by atoms with Gasteiger partial charge in [0, 0.05) is 24.5 Å². The Kier molecular flexibility index (Phi) is 3.24. The summed E-state index contributed by atoms with van der Waals surface area (Å²) < 4.78 is 14.1. The zero-order chi connectivity index (χ0) is 17.0. The Morgan fingerprint density at radius 3 is 2.52 bits per heavy atom. The van der Waals surface area contributed by atoms with Gasteiger partial charge in [-0.15, -0.1) is 0 Å². The van der Waals surface area contributed by atoms with Crippen molar-refractivity contribution in [2.24, 2.45) is 0 Å². The zero-order valence-corrected chi connectivity index (χ0v) is 13.8. The van der Waals surface area contributed by atoms with Gasteiger partial charge in [0.05, 0.1) is 11.0 Å². The van der Waals surface area contributed by atoms with Gasteiger partial charge < -0.3 is 15.4 Å². The van der Waals surface area contributed by atoms with Gasteiger partial charge in [0.25, 0.3) is 0 Å². The molecule has 2 unspecified atom stereocenters. The van der Waals surface area contributed by atoms with Crippen LogP contribution in [0.15, 0.2) is 42.7 Å². The topological polar surface area (TPSA) is 60.9 Å².